The maximum absolute atomic E-state index is 10.9. The quantitative estimate of drug-likeness (QED) is 0.271. The number of nitrogens with one attached hydrogen (secondary N) is 2. The van der Waals surface area contributed by atoms with Gasteiger partial charge >= 0.3 is 0 Å². The number of aliphatic hydroxyl groups is 1. The number of hydrogen-bond donors (Lipinski definition) is 3. The lowest BCUT2D eigenvalue weighted by molar-refractivity contribution is 0.0177. The van der Waals surface area contributed by atoms with Gasteiger partial charge in [-0.3, -0.25) is 4.90 Å². The monoisotopic (exact) mass is 544 g/mol. The van der Waals surface area contributed by atoms with Crippen LogP contribution in [-0.2, 0) is 10.3 Å². The third kappa shape index (κ3) is 7.19. The number of aliphatic imine (C=N–C) groups is 1. The minimum absolute atomic E-state index is 0. The number of thiophene rings is 1. The number of rotatable bonds is 8. The van der Waals surface area contributed by atoms with E-state index in [1.165, 1.54) is 4.88 Å². The molecule has 8 heteroatoms. The molecule has 2 aromatic rings. The molecule has 30 heavy (non-hydrogen) atoms. The van der Waals surface area contributed by atoms with Crippen LogP contribution in [0.5, 0.6) is 0 Å². The summed E-state index contributed by atoms with van der Waals surface area (Å²) >= 11 is 1.78. The van der Waals surface area contributed by atoms with Crippen molar-refractivity contribution >= 4 is 41.3 Å². The Labute approximate surface area is 200 Å². The molecule has 166 valence electrons. The van der Waals surface area contributed by atoms with E-state index in [-0.39, 0.29) is 36.6 Å². The number of hydrogen-bond acceptors (Lipinski definition) is 5. The van der Waals surface area contributed by atoms with Crippen molar-refractivity contribution in [1.82, 2.24) is 15.5 Å². The number of ether oxygens (including phenoxy) is 1. The van der Waals surface area contributed by atoms with Crippen molar-refractivity contribution in [3.63, 3.8) is 0 Å². The Morgan fingerprint density at radius 3 is 2.57 bits per heavy atom. The molecule has 0 saturated carbocycles. The third-order valence-electron chi connectivity index (χ3n) is 5.11. The molecule has 1 aliphatic rings. The van der Waals surface area contributed by atoms with E-state index in [0.717, 1.165) is 50.9 Å². The smallest absolute Gasteiger partial charge is 0.191 e. The Balaban J connectivity index is 0.00000320. The van der Waals surface area contributed by atoms with Crippen LogP contribution < -0.4 is 10.6 Å². The molecule has 1 aromatic heterocycles. The van der Waals surface area contributed by atoms with Crippen molar-refractivity contribution in [3.8, 4) is 0 Å². The summed E-state index contributed by atoms with van der Waals surface area (Å²) in [5.41, 5.74) is -0.148. The second-order valence-corrected chi connectivity index (χ2v) is 8.37. The van der Waals surface area contributed by atoms with Crippen molar-refractivity contribution < 1.29 is 9.84 Å². The van der Waals surface area contributed by atoms with Gasteiger partial charge in [0.1, 0.15) is 5.60 Å². The summed E-state index contributed by atoms with van der Waals surface area (Å²) in [4.78, 5) is 8.47. The second kappa shape index (κ2) is 12.6. The fourth-order valence-electron chi connectivity index (χ4n) is 3.44. The summed E-state index contributed by atoms with van der Waals surface area (Å²) in [6.07, 6.45) is 0. The fourth-order valence-corrected chi connectivity index (χ4v) is 4.30. The fraction of sp³-hybridized carbons (Fsp3) is 0.500. The Morgan fingerprint density at radius 1 is 1.20 bits per heavy atom. The summed E-state index contributed by atoms with van der Waals surface area (Å²) in [7, 11) is 0. The van der Waals surface area contributed by atoms with Crippen molar-refractivity contribution in [2.24, 2.45) is 4.99 Å². The van der Waals surface area contributed by atoms with E-state index >= 15 is 0 Å². The van der Waals surface area contributed by atoms with Crippen molar-refractivity contribution in [2.45, 2.75) is 25.5 Å². The van der Waals surface area contributed by atoms with Gasteiger partial charge in [-0.25, -0.2) is 4.99 Å². The van der Waals surface area contributed by atoms with Crippen LogP contribution in [0.1, 0.15) is 30.3 Å². The minimum Gasteiger partial charge on any atom is -0.384 e. The van der Waals surface area contributed by atoms with Crippen molar-refractivity contribution in [1.29, 1.82) is 0 Å². The molecule has 0 amide bonds. The van der Waals surface area contributed by atoms with Crippen molar-refractivity contribution in [2.75, 3.05) is 45.9 Å². The Hall–Kier alpha value is -1.20. The predicted octanol–water partition coefficient (Wildman–Crippen LogP) is 3.20. The Kier molecular flexibility index (Phi) is 10.5. The molecule has 0 radical (unpaired) electrons. The van der Waals surface area contributed by atoms with Gasteiger partial charge in [0.05, 0.1) is 25.8 Å². The Morgan fingerprint density at radius 2 is 1.93 bits per heavy atom. The van der Waals surface area contributed by atoms with Crippen molar-refractivity contribution in [3.05, 3.63) is 58.3 Å². The van der Waals surface area contributed by atoms with Gasteiger partial charge < -0.3 is 20.5 Å². The molecule has 0 bridgehead atoms. The number of morpholine rings is 1. The molecule has 1 fully saturated rings. The van der Waals surface area contributed by atoms with Gasteiger partial charge in [0.2, 0.25) is 0 Å². The van der Waals surface area contributed by atoms with Gasteiger partial charge in [0, 0.05) is 31.1 Å². The molecule has 1 saturated heterocycles. The first-order valence-corrected chi connectivity index (χ1v) is 11.1. The molecule has 2 heterocycles. The standard InChI is InChI=1S/C22H32N4O2S.HI/c1-3-23-21(25-17-22(2,27)18-8-5-4-6-9-18)24-16-19(20-10-7-15-29-20)26-11-13-28-14-12-26;/h4-10,15,19,27H,3,11-14,16-17H2,1-2H3,(H2,23,24,25);1H. The van der Waals surface area contributed by atoms with Crippen LogP contribution in [0, 0.1) is 0 Å². The molecular formula is C22H33IN4O2S. The van der Waals surface area contributed by atoms with Crippen LogP contribution in [0.4, 0.5) is 0 Å². The summed E-state index contributed by atoms with van der Waals surface area (Å²) in [5, 5.41) is 19.8. The molecule has 2 unspecified atom stereocenters. The summed E-state index contributed by atoms with van der Waals surface area (Å²) in [6.45, 7) is 9.06. The highest BCUT2D eigenvalue weighted by Gasteiger charge is 2.25. The molecule has 3 N–H and O–H groups in total. The van der Waals surface area contributed by atoms with Crippen LogP contribution in [-0.4, -0.2) is 61.9 Å². The van der Waals surface area contributed by atoms with E-state index in [4.69, 9.17) is 4.74 Å². The molecule has 0 aliphatic carbocycles. The van der Waals surface area contributed by atoms with E-state index in [1.54, 1.807) is 18.3 Å². The van der Waals surface area contributed by atoms with Crippen LogP contribution in [0.15, 0.2) is 52.8 Å². The van der Waals surface area contributed by atoms with Crippen LogP contribution in [0.2, 0.25) is 0 Å². The zero-order valence-electron chi connectivity index (χ0n) is 17.7. The van der Waals surface area contributed by atoms with Gasteiger partial charge in [-0.15, -0.1) is 35.3 Å². The lowest BCUT2D eigenvalue weighted by Crippen LogP contribution is -2.46. The number of nitrogens with zero attached hydrogens (tertiary/aromatic N) is 2. The van der Waals surface area contributed by atoms with E-state index in [9.17, 15) is 5.11 Å². The average Bonchev–Trinajstić information content (AvgIpc) is 3.28. The molecule has 1 aliphatic heterocycles. The zero-order valence-corrected chi connectivity index (χ0v) is 20.9. The second-order valence-electron chi connectivity index (χ2n) is 7.40. The first-order chi connectivity index (χ1) is 14.1. The summed E-state index contributed by atoms with van der Waals surface area (Å²) < 4.78 is 5.53. The maximum Gasteiger partial charge on any atom is 0.191 e. The molecule has 6 nitrogen and oxygen atoms in total. The first kappa shape index (κ1) is 25.1. The number of benzene rings is 1. The predicted molar refractivity (Wildman–Crippen MR) is 135 cm³/mol. The summed E-state index contributed by atoms with van der Waals surface area (Å²) in [5.74, 6) is 0.721. The SMILES string of the molecule is CCNC(=NCC(C)(O)c1ccccc1)NCC(c1cccs1)N1CCOCC1.I. The van der Waals surface area contributed by atoms with Crippen LogP contribution >= 0.6 is 35.3 Å². The van der Waals surface area contributed by atoms with Gasteiger partial charge in [-0.1, -0.05) is 36.4 Å². The normalized spacial score (nSPS) is 18.2. The molecule has 0 spiro atoms. The van der Waals surface area contributed by atoms with E-state index in [2.05, 4.69) is 38.0 Å². The van der Waals surface area contributed by atoms with E-state index < -0.39 is 5.60 Å². The first-order valence-electron chi connectivity index (χ1n) is 10.3. The van der Waals surface area contributed by atoms with E-state index in [0.29, 0.717) is 0 Å². The largest absolute Gasteiger partial charge is 0.384 e. The van der Waals surface area contributed by atoms with Crippen LogP contribution in [0.3, 0.4) is 0 Å². The summed E-state index contributed by atoms with van der Waals surface area (Å²) in [6, 6.07) is 14.3. The number of guanidine groups is 1. The van der Waals surface area contributed by atoms with Gasteiger partial charge in [-0.05, 0) is 30.9 Å². The molecule has 1 aromatic carbocycles. The lowest BCUT2D eigenvalue weighted by Gasteiger charge is -2.34. The lowest BCUT2D eigenvalue weighted by atomic mass is 9.96. The topological polar surface area (TPSA) is 69.1 Å². The zero-order chi connectivity index (χ0) is 20.5. The molecule has 2 atom stereocenters. The Bertz CT molecular complexity index is 750. The van der Waals surface area contributed by atoms with Gasteiger partial charge in [0.15, 0.2) is 5.96 Å². The van der Waals surface area contributed by atoms with Crippen LogP contribution in [0.25, 0.3) is 0 Å². The highest BCUT2D eigenvalue weighted by atomic mass is 127. The minimum atomic E-state index is -1.01. The maximum atomic E-state index is 10.9. The highest BCUT2D eigenvalue weighted by Crippen LogP contribution is 2.25. The third-order valence-corrected chi connectivity index (χ3v) is 6.08. The van der Waals surface area contributed by atoms with Gasteiger partial charge in [0.25, 0.3) is 0 Å². The van der Waals surface area contributed by atoms with Gasteiger partial charge in [-0.2, -0.15) is 0 Å². The number of halogens is 1. The molecular weight excluding hydrogens is 511 g/mol. The molecule has 3 rings (SSSR count). The average molecular weight is 545 g/mol. The highest BCUT2D eigenvalue weighted by molar-refractivity contribution is 14.0. The van der Waals surface area contributed by atoms with E-state index in [1.807, 2.05) is 37.3 Å².